The number of para-hydroxylation sites is 2. The minimum Gasteiger partial charge on any atom is -0.476 e. The van der Waals surface area contributed by atoms with E-state index in [-0.39, 0.29) is 18.4 Å². The lowest BCUT2D eigenvalue weighted by Gasteiger charge is -2.37. The SMILES string of the molecule is O=C(C1CN(C(=O)c2ccc(-n3cccn3)cc2)c2ccccc2O1)N1CCOCC1. The molecule has 8 heteroatoms. The maximum absolute atomic E-state index is 13.4. The first-order valence-corrected chi connectivity index (χ1v) is 10.2. The normalized spacial score (nSPS) is 18.3. The summed E-state index contributed by atoms with van der Waals surface area (Å²) in [5, 5.41) is 4.21. The Morgan fingerprint density at radius 2 is 1.74 bits per heavy atom. The zero-order valence-electron chi connectivity index (χ0n) is 16.9. The van der Waals surface area contributed by atoms with Gasteiger partial charge in [0.1, 0.15) is 5.75 Å². The summed E-state index contributed by atoms with van der Waals surface area (Å²) in [7, 11) is 0. The second-order valence-corrected chi connectivity index (χ2v) is 7.43. The lowest BCUT2D eigenvalue weighted by Crippen LogP contribution is -2.54. The van der Waals surface area contributed by atoms with Crippen molar-refractivity contribution in [3.63, 3.8) is 0 Å². The summed E-state index contributed by atoms with van der Waals surface area (Å²) in [6, 6.07) is 16.4. The van der Waals surface area contributed by atoms with Crippen LogP contribution in [0.5, 0.6) is 5.75 Å². The summed E-state index contributed by atoms with van der Waals surface area (Å²) in [6.07, 6.45) is 2.80. The lowest BCUT2D eigenvalue weighted by molar-refractivity contribution is -0.142. The molecule has 8 nitrogen and oxygen atoms in total. The van der Waals surface area contributed by atoms with Gasteiger partial charge in [0.2, 0.25) is 0 Å². The quantitative estimate of drug-likeness (QED) is 0.651. The number of amides is 2. The Labute approximate surface area is 179 Å². The van der Waals surface area contributed by atoms with E-state index in [1.54, 1.807) is 38.9 Å². The Kier molecular flexibility index (Phi) is 5.13. The van der Waals surface area contributed by atoms with Crippen LogP contribution < -0.4 is 9.64 Å². The van der Waals surface area contributed by atoms with Crippen LogP contribution in [-0.2, 0) is 9.53 Å². The predicted octanol–water partition coefficient (Wildman–Crippen LogP) is 2.14. The number of morpholine rings is 1. The highest BCUT2D eigenvalue weighted by atomic mass is 16.5. The number of hydrogen-bond donors (Lipinski definition) is 0. The maximum Gasteiger partial charge on any atom is 0.265 e. The van der Waals surface area contributed by atoms with Crippen molar-refractivity contribution in [2.75, 3.05) is 37.7 Å². The van der Waals surface area contributed by atoms with Crippen LogP contribution in [0.15, 0.2) is 67.0 Å². The van der Waals surface area contributed by atoms with E-state index in [9.17, 15) is 9.59 Å². The van der Waals surface area contributed by atoms with Gasteiger partial charge in [-0.3, -0.25) is 9.59 Å². The van der Waals surface area contributed by atoms with Crippen LogP contribution in [0.2, 0.25) is 0 Å². The fourth-order valence-electron chi connectivity index (χ4n) is 3.88. The Balaban J connectivity index is 1.41. The molecule has 1 unspecified atom stereocenters. The maximum atomic E-state index is 13.4. The zero-order chi connectivity index (χ0) is 21.2. The van der Waals surface area contributed by atoms with Crippen molar-refractivity contribution in [1.29, 1.82) is 0 Å². The van der Waals surface area contributed by atoms with E-state index >= 15 is 0 Å². The van der Waals surface area contributed by atoms with E-state index in [0.29, 0.717) is 43.3 Å². The molecular formula is C23H22N4O4. The zero-order valence-corrected chi connectivity index (χ0v) is 16.9. The van der Waals surface area contributed by atoms with Crippen LogP contribution in [0.25, 0.3) is 5.69 Å². The van der Waals surface area contributed by atoms with Gasteiger partial charge in [-0.05, 0) is 42.5 Å². The van der Waals surface area contributed by atoms with Crippen molar-refractivity contribution in [1.82, 2.24) is 14.7 Å². The van der Waals surface area contributed by atoms with E-state index in [1.165, 1.54) is 0 Å². The van der Waals surface area contributed by atoms with Gasteiger partial charge in [-0.2, -0.15) is 5.10 Å². The molecule has 2 aliphatic heterocycles. The lowest BCUT2D eigenvalue weighted by atomic mass is 10.1. The third kappa shape index (κ3) is 3.77. The molecule has 0 saturated carbocycles. The van der Waals surface area contributed by atoms with Gasteiger partial charge in [0.15, 0.2) is 6.10 Å². The van der Waals surface area contributed by atoms with Gasteiger partial charge in [-0.25, -0.2) is 4.68 Å². The number of aromatic nitrogens is 2. The fraction of sp³-hybridized carbons (Fsp3) is 0.261. The molecule has 158 valence electrons. The number of rotatable bonds is 3. The smallest absolute Gasteiger partial charge is 0.265 e. The standard InChI is InChI=1S/C23H22N4O4/c28-22(17-6-8-18(9-7-17)27-11-3-10-24-27)26-16-21(23(29)25-12-14-30-15-13-25)31-20-5-2-1-4-19(20)26/h1-11,21H,12-16H2. The molecule has 1 saturated heterocycles. The van der Waals surface area contributed by atoms with Crippen LogP contribution >= 0.6 is 0 Å². The van der Waals surface area contributed by atoms with Gasteiger partial charge >= 0.3 is 0 Å². The molecule has 2 aliphatic rings. The Bertz CT molecular complexity index is 1080. The molecule has 1 fully saturated rings. The molecule has 1 aromatic heterocycles. The molecule has 5 rings (SSSR count). The summed E-state index contributed by atoms with van der Waals surface area (Å²) < 4.78 is 13.1. The van der Waals surface area contributed by atoms with Crippen LogP contribution in [0.1, 0.15) is 10.4 Å². The van der Waals surface area contributed by atoms with Crippen LogP contribution in [0.4, 0.5) is 5.69 Å². The van der Waals surface area contributed by atoms with Crippen molar-refractivity contribution in [3.8, 4) is 11.4 Å². The fourth-order valence-corrected chi connectivity index (χ4v) is 3.88. The molecule has 0 aliphatic carbocycles. The molecule has 3 heterocycles. The summed E-state index contributed by atoms with van der Waals surface area (Å²) >= 11 is 0. The van der Waals surface area contributed by atoms with Crippen molar-refractivity contribution >= 4 is 17.5 Å². The van der Waals surface area contributed by atoms with Gasteiger partial charge < -0.3 is 19.3 Å². The number of carbonyl (C=O) groups excluding carboxylic acids is 2. The second kappa shape index (κ2) is 8.23. The Morgan fingerprint density at radius 1 is 0.968 bits per heavy atom. The number of hydrogen-bond acceptors (Lipinski definition) is 5. The van der Waals surface area contributed by atoms with Crippen LogP contribution in [0, 0.1) is 0 Å². The monoisotopic (exact) mass is 418 g/mol. The van der Waals surface area contributed by atoms with E-state index in [2.05, 4.69) is 5.10 Å². The summed E-state index contributed by atoms with van der Waals surface area (Å²) in [6.45, 7) is 2.25. The van der Waals surface area contributed by atoms with Crippen molar-refractivity contribution in [2.24, 2.45) is 0 Å². The Morgan fingerprint density at radius 3 is 2.48 bits per heavy atom. The van der Waals surface area contributed by atoms with E-state index in [4.69, 9.17) is 9.47 Å². The Hall–Kier alpha value is -3.65. The third-order valence-corrected chi connectivity index (χ3v) is 5.50. The predicted molar refractivity (Wildman–Crippen MR) is 113 cm³/mol. The highest BCUT2D eigenvalue weighted by Crippen LogP contribution is 2.34. The molecule has 0 radical (unpaired) electrons. The average molecular weight is 418 g/mol. The van der Waals surface area contributed by atoms with E-state index in [0.717, 1.165) is 5.69 Å². The van der Waals surface area contributed by atoms with Crippen LogP contribution in [-0.4, -0.2) is 65.4 Å². The van der Waals surface area contributed by atoms with Crippen molar-refractivity contribution < 1.29 is 19.1 Å². The third-order valence-electron chi connectivity index (χ3n) is 5.50. The molecule has 3 aromatic rings. The number of nitrogens with zero attached hydrogens (tertiary/aromatic N) is 4. The number of fused-ring (bicyclic) bond motifs is 1. The molecule has 31 heavy (non-hydrogen) atoms. The van der Waals surface area contributed by atoms with Gasteiger partial charge in [-0.1, -0.05) is 12.1 Å². The molecule has 0 spiro atoms. The first kappa shape index (κ1) is 19.3. The molecule has 2 amide bonds. The molecular weight excluding hydrogens is 396 g/mol. The highest BCUT2D eigenvalue weighted by molar-refractivity contribution is 6.08. The van der Waals surface area contributed by atoms with Crippen molar-refractivity contribution in [3.05, 3.63) is 72.6 Å². The summed E-state index contributed by atoms with van der Waals surface area (Å²) in [5.74, 6) is 0.231. The number of benzene rings is 2. The first-order valence-electron chi connectivity index (χ1n) is 10.2. The molecule has 2 aromatic carbocycles. The van der Waals surface area contributed by atoms with Gasteiger partial charge in [0.05, 0.1) is 31.1 Å². The summed E-state index contributed by atoms with van der Waals surface area (Å²) in [4.78, 5) is 29.8. The molecule has 1 atom stereocenters. The molecule has 0 N–H and O–H groups in total. The first-order chi connectivity index (χ1) is 15.2. The summed E-state index contributed by atoms with van der Waals surface area (Å²) in [5.41, 5.74) is 2.06. The van der Waals surface area contributed by atoms with E-state index < -0.39 is 6.10 Å². The van der Waals surface area contributed by atoms with Crippen molar-refractivity contribution in [2.45, 2.75) is 6.10 Å². The van der Waals surface area contributed by atoms with Gasteiger partial charge in [0, 0.05) is 31.0 Å². The van der Waals surface area contributed by atoms with Crippen LogP contribution in [0.3, 0.4) is 0 Å². The number of anilines is 1. The molecule has 0 bridgehead atoms. The average Bonchev–Trinajstić information content (AvgIpc) is 3.38. The van der Waals surface area contributed by atoms with Gasteiger partial charge in [-0.15, -0.1) is 0 Å². The number of carbonyl (C=O) groups is 2. The largest absolute Gasteiger partial charge is 0.476 e. The van der Waals surface area contributed by atoms with Gasteiger partial charge in [0.25, 0.3) is 11.8 Å². The second-order valence-electron chi connectivity index (χ2n) is 7.43. The topological polar surface area (TPSA) is 76.9 Å². The number of ether oxygens (including phenoxy) is 2. The minimum absolute atomic E-state index is 0.121. The minimum atomic E-state index is -0.750. The van der Waals surface area contributed by atoms with E-state index in [1.807, 2.05) is 42.6 Å². The highest BCUT2D eigenvalue weighted by Gasteiger charge is 2.36.